The van der Waals surface area contributed by atoms with Gasteiger partial charge < -0.3 is 5.73 Å². The van der Waals surface area contributed by atoms with E-state index in [1.54, 1.807) is 0 Å². The van der Waals surface area contributed by atoms with Gasteiger partial charge >= 0.3 is 0 Å². The zero-order chi connectivity index (χ0) is 13.8. The average Bonchev–Trinajstić information content (AvgIpc) is 2.39. The molecule has 0 radical (unpaired) electrons. The molecule has 3 unspecified atom stereocenters. The van der Waals surface area contributed by atoms with Crippen molar-refractivity contribution < 1.29 is 0 Å². The Labute approximate surface area is 122 Å². The molecule has 1 aliphatic carbocycles. The first kappa shape index (κ1) is 14.9. The minimum absolute atomic E-state index is 0.393. The molecule has 1 fully saturated rings. The van der Waals surface area contributed by atoms with Crippen LogP contribution in [0.2, 0.25) is 0 Å². The Morgan fingerprint density at radius 1 is 1.26 bits per heavy atom. The molecule has 2 heteroatoms. The summed E-state index contributed by atoms with van der Waals surface area (Å²) in [6.45, 7) is 6.91. The van der Waals surface area contributed by atoms with Crippen molar-refractivity contribution in [3.63, 3.8) is 0 Å². The quantitative estimate of drug-likeness (QED) is 0.884. The van der Waals surface area contributed by atoms with Crippen molar-refractivity contribution in [3.8, 4) is 0 Å². The van der Waals surface area contributed by atoms with Crippen LogP contribution < -0.4 is 5.73 Å². The van der Waals surface area contributed by atoms with Gasteiger partial charge in [0.1, 0.15) is 0 Å². The Hall–Kier alpha value is -0.470. The second-order valence-corrected chi connectivity index (χ2v) is 7.48. The summed E-state index contributed by atoms with van der Waals surface area (Å²) in [6, 6.07) is 9.10. The van der Waals surface area contributed by atoms with E-state index < -0.39 is 0 Å². The van der Waals surface area contributed by atoms with E-state index in [4.69, 9.17) is 5.73 Å². The molecule has 0 bridgehead atoms. The first-order valence-corrected chi connectivity index (χ1v) is 8.54. The predicted octanol–water partition coefficient (Wildman–Crippen LogP) is 4.38. The van der Waals surface area contributed by atoms with E-state index in [2.05, 4.69) is 56.8 Å². The average molecular weight is 277 g/mol. The van der Waals surface area contributed by atoms with Crippen LogP contribution in [0, 0.1) is 18.8 Å². The summed E-state index contributed by atoms with van der Waals surface area (Å²) in [5.74, 6) is 2.78. The summed E-state index contributed by atoms with van der Waals surface area (Å²) in [6.07, 6.45) is 3.82. The Morgan fingerprint density at radius 2 is 2.00 bits per heavy atom. The molecule has 106 valence electrons. The highest BCUT2D eigenvalue weighted by Crippen LogP contribution is 2.36. The van der Waals surface area contributed by atoms with Crippen LogP contribution in [0.5, 0.6) is 0 Å². The van der Waals surface area contributed by atoms with Gasteiger partial charge in [-0.3, -0.25) is 0 Å². The van der Waals surface area contributed by atoms with Gasteiger partial charge in [-0.05, 0) is 49.1 Å². The highest BCUT2D eigenvalue weighted by Gasteiger charge is 2.29. The van der Waals surface area contributed by atoms with E-state index in [1.807, 2.05) is 0 Å². The predicted molar refractivity (Wildman–Crippen MR) is 86.4 cm³/mol. The smallest absolute Gasteiger partial charge is 0.0205 e. The molecule has 0 spiro atoms. The number of rotatable bonds is 4. The summed E-state index contributed by atoms with van der Waals surface area (Å²) >= 11 is 2.07. The number of hydrogen-bond donors (Lipinski definition) is 1. The summed E-state index contributed by atoms with van der Waals surface area (Å²) in [5.41, 5.74) is 9.19. The minimum atomic E-state index is 0.393. The molecule has 2 N–H and O–H groups in total. The Balaban J connectivity index is 1.92. The molecular formula is C17H27NS. The van der Waals surface area contributed by atoms with Crippen molar-refractivity contribution >= 4 is 11.8 Å². The fraction of sp³-hybridized carbons (Fsp3) is 0.647. The highest BCUT2D eigenvalue weighted by molar-refractivity contribution is 7.99. The van der Waals surface area contributed by atoms with Crippen LogP contribution in [0.25, 0.3) is 0 Å². The Morgan fingerprint density at radius 3 is 2.68 bits per heavy atom. The van der Waals surface area contributed by atoms with Gasteiger partial charge in [-0.1, -0.05) is 38.1 Å². The van der Waals surface area contributed by atoms with Gasteiger partial charge in [-0.25, -0.2) is 0 Å². The van der Waals surface area contributed by atoms with Gasteiger partial charge in [0, 0.05) is 17.0 Å². The first-order valence-electron chi connectivity index (χ1n) is 7.49. The molecule has 19 heavy (non-hydrogen) atoms. The third-order valence-corrected chi connectivity index (χ3v) is 5.99. The number of aryl methyl sites for hydroxylation is 1. The van der Waals surface area contributed by atoms with E-state index in [1.165, 1.54) is 30.4 Å². The third kappa shape index (κ3) is 4.00. The first-order chi connectivity index (χ1) is 9.08. The summed E-state index contributed by atoms with van der Waals surface area (Å²) in [7, 11) is 0. The van der Waals surface area contributed by atoms with Gasteiger partial charge in [0.2, 0.25) is 0 Å². The van der Waals surface area contributed by atoms with E-state index in [0.29, 0.717) is 11.3 Å². The molecule has 0 amide bonds. The molecule has 1 aliphatic rings. The Bertz CT molecular complexity index is 402. The molecular weight excluding hydrogens is 250 g/mol. The maximum Gasteiger partial charge on any atom is 0.0205 e. The largest absolute Gasteiger partial charge is 0.327 e. The minimum Gasteiger partial charge on any atom is -0.327 e. The molecule has 0 aromatic heterocycles. The van der Waals surface area contributed by atoms with Crippen LogP contribution in [0.3, 0.4) is 0 Å². The molecule has 3 atom stereocenters. The van der Waals surface area contributed by atoms with E-state index in [0.717, 1.165) is 17.6 Å². The van der Waals surface area contributed by atoms with Crippen LogP contribution in [-0.2, 0) is 5.75 Å². The highest BCUT2D eigenvalue weighted by atomic mass is 32.2. The molecule has 0 aliphatic heterocycles. The summed E-state index contributed by atoms with van der Waals surface area (Å²) in [4.78, 5) is 0. The maximum atomic E-state index is 6.32. The maximum absolute atomic E-state index is 6.32. The number of hydrogen-bond acceptors (Lipinski definition) is 2. The molecule has 1 aromatic carbocycles. The van der Waals surface area contributed by atoms with Crippen LogP contribution in [0.15, 0.2) is 24.3 Å². The summed E-state index contributed by atoms with van der Waals surface area (Å²) in [5, 5.41) is 0.640. The lowest BCUT2D eigenvalue weighted by Crippen LogP contribution is -2.39. The molecule has 1 nitrogen and oxygen atoms in total. The number of nitrogens with two attached hydrogens (primary N) is 1. The topological polar surface area (TPSA) is 26.0 Å². The van der Waals surface area contributed by atoms with E-state index in [9.17, 15) is 0 Å². The lowest BCUT2D eigenvalue weighted by atomic mass is 9.79. The van der Waals surface area contributed by atoms with Crippen LogP contribution in [-0.4, -0.2) is 11.3 Å². The fourth-order valence-corrected chi connectivity index (χ4v) is 4.43. The van der Waals surface area contributed by atoms with Crippen LogP contribution in [0.1, 0.15) is 44.2 Å². The van der Waals surface area contributed by atoms with E-state index >= 15 is 0 Å². The third-order valence-electron chi connectivity index (χ3n) is 4.54. The monoisotopic (exact) mass is 277 g/mol. The lowest BCUT2D eigenvalue weighted by Gasteiger charge is -2.35. The van der Waals surface area contributed by atoms with Gasteiger partial charge in [-0.2, -0.15) is 11.8 Å². The molecule has 0 heterocycles. The fourth-order valence-electron chi connectivity index (χ4n) is 2.95. The van der Waals surface area contributed by atoms with Crippen LogP contribution in [0.4, 0.5) is 0 Å². The normalized spacial score (nSPS) is 27.7. The van der Waals surface area contributed by atoms with Gasteiger partial charge in [0.15, 0.2) is 0 Å². The van der Waals surface area contributed by atoms with Crippen molar-refractivity contribution in [1.82, 2.24) is 0 Å². The van der Waals surface area contributed by atoms with Crippen molar-refractivity contribution in [2.24, 2.45) is 17.6 Å². The van der Waals surface area contributed by atoms with Crippen molar-refractivity contribution in [1.29, 1.82) is 0 Å². The molecule has 0 saturated heterocycles. The standard InChI is InChI=1S/C17H27NS/c1-12(2)14-8-9-16(18)17(10-14)19-11-15-7-5-4-6-13(15)3/h4-7,12,14,16-17H,8-11,18H2,1-3H3. The molecule has 2 rings (SSSR count). The van der Waals surface area contributed by atoms with E-state index in [-0.39, 0.29) is 0 Å². The SMILES string of the molecule is Cc1ccccc1CSC1CC(C(C)C)CCC1N. The zero-order valence-corrected chi connectivity index (χ0v) is 13.2. The molecule has 1 saturated carbocycles. The van der Waals surface area contributed by atoms with Crippen LogP contribution >= 0.6 is 11.8 Å². The van der Waals surface area contributed by atoms with Gasteiger partial charge in [0.25, 0.3) is 0 Å². The van der Waals surface area contributed by atoms with Gasteiger partial charge in [0.05, 0.1) is 0 Å². The van der Waals surface area contributed by atoms with Crippen molar-refractivity contribution in [3.05, 3.63) is 35.4 Å². The van der Waals surface area contributed by atoms with Crippen molar-refractivity contribution in [2.75, 3.05) is 0 Å². The summed E-state index contributed by atoms with van der Waals surface area (Å²) < 4.78 is 0. The molecule has 1 aromatic rings. The van der Waals surface area contributed by atoms with Crippen molar-refractivity contribution in [2.45, 2.75) is 57.1 Å². The van der Waals surface area contributed by atoms with Gasteiger partial charge in [-0.15, -0.1) is 0 Å². The second kappa shape index (κ2) is 6.81. The number of benzene rings is 1. The lowest BCUT2D eigenvalue weighted by molar-refractivity contribution is 0.266. The zero-order valence-electron chi connectivity index (χ0n) is 12.4. The Kier molecular flexibility index (Phi) is 5.35. The second-order valence-electron chi connectivity index (χ2n) is 6.26. The number of thioether (sulfide) groups is 1.